The van der Waals surface area contributed by atoms with Crippen molar-refractivity contribution in [1.82, 2.24) is 29.9 Å². The van der Waals surface area contributed by atoms with Gasteiger partial charge in [0.25, 0.3) is 0 Å². The number of anilines is 1. The number of carbonyl (C=O) groups excluding carboxylic acids is 1. The Kier molecular flexibility index (Phi) is 3.77. The molecule has 1 amide bonds. The van der Waals surface area contributed by atoms with Gasteiger partial charge in [-0.2, -0.15) is 10.1 Å². The van der Waals surface area contributed by atoms with E-state index >= 15 is 0 Å². The highest BCUT2D eigenvalue weighted by atomic mass is 32.2. The maximum atomic E-state index is 12.6. The van der Waals surface area contributed by atoms with Crippen LogP contribution in [0.5, 0.6) is 0 Å². The fourth-order valence-corrected chi connectivity index (χ4v) is 3.56. The second kappa shape index (κ2) is 6.08. The standard InChI is InChI=1S/C15H15N7OS/c1-21-9-10(8-17-21)22-7-5-12(14(22)23)24-15-18-13(19-20-15)11-4-2-3-6-16-11/h2-4,6,8-9,12H,5,7H2,1H3,(H,18,19,20). The molecule has 1 aliphatic heterocycles. The fourth-order valence-electron chi connectivity index (χ4n) is 2.61. The molecular formula is C15H15N7OS. The second-order valence-electron chi connectivity index (χ2n) is 5.44. The molecule has 3 aromatic heterocycles. The van der Waals surface area contributed by atoms with E-state index in [2.05, 4.69) is 25.3 Å². The fraction of sp³-hybridized carbons (Fsp3) is 0.267. The van der Waals surface area contributed by atoms with Crippen molar-refractivity contribution in [2.45, 2.75) is 16.8 Å². The van der Waals surface area contributed by atoms with Gasteiger partial charge in [-0.25, -0.2) is 0 Å². The quantitative estimate of drug-likeness (QED) is 0.773. The monoisotopic (exact) mass is 341 g/mol. The van der Waals surface area contributed by atoms with Crippen LogP contribution in [0.2, 0.25) is 0 Å². The lowest BCUT2D eigenvalue weighted by atomic mass is 10.3. The predicted molar refractivity (Wildman–Crippen MR) is 89.4 cm³/mol. The van der Waals surface area contributed by atoms with Crippen molar-refractivity contribution in [3.05, 3.63) is 36.8 Å². The minimum atomic E-state index is -0.183. The van der Waals surface area contributed by atoms with Crippen LogP contribution in [0, 0.1) is 0 Å². The van der Waals surface area contributed by atoms with Crippen molar-refractivity contribution in [2.24, 2.45) is 7.05 Å². The van der Waals surface area contributed by atoms with Crippen LogP contribution in [0.3, 0.4) is 0 Å². The van der Waals surface area contributed by atoms with Crippen LogP contribution in [-0.2, 0) is 11.8 Å². The number of rotatable bonds is 4. The zero-order chi connectivity index (χ0) is 16.5. The van der Waals surface area contributed by atoms with E-state index < -0.39 is 0 Å². The zero-order valence-corrected chi connectivity index (χ0v) is 13.8. The van der Waals surface area contributed by atoms with Gasteiger partial charge in [0.1, 0.15) is 5.69 Å². The SMILES string of the molecule is Cn1cc(N2CCC(Sc3n[nH]c(-c4ccccn4)n3)C2=O)cn1. The number of hydrogen-bond donors (Lipinski definition) is 1. The summed E-state index contributed by atoms with van der Waals surface area (Å²) in [5.41, 5.74) is 1.56. The van der Waals surface area contributed by atoms with Crippen molar-refractivity contribution >= 4 is 23.4 Å². The highest BCUT2D eigenvalue weighted by molar-refractivity contribution is 8.00. The van der Waals surface area contributed by atoms with Crippen LogP contribution in [0.25, 0.3) is 11.5 Å². The zero-order valence-electron chi connectivity index (χ0n) is 13.0. The first-order valence-corrected chi connectivity index (χ1v) is 8.39. The molecule has 9 heteroatoms. The van der Waals surface area contributed by atoms with E-state index in [0.29, 0.717) is 17.5 Å². The molecule has 0 aromatic carbocycles. The summed E-state index contributed by atoms with van der Waals surface area (Å²) >= 11 is 1.38. The largest absolute Gasteiger partial charge is 0.308 e. The van der Waals surface area contributed by atoms with E-state index in [0.717, 1.165) is 17.8 Å². The number of hydrogen-bond acceptors (Lipinski definition) is 6. The molecule has 1 saturated heterocycles. The number of aromatic nitrogens is 6. The number of nitrogens with one attached hydrogen (secondary N) is 1. The lowest BCUT2D eigenvalue weighted by Crippen LogP contribution is -2.27. The van der Waals surface area contributed by atoms with Gasteiger partial charge in [0.15, 0.2) is 5.82 Å². The third-order valence-corrected chi connectivity index (χ3v) is 4.89. The van der Waals surface area contributed by atoms with Gasteiger partial charge in [-0.05, 0) is 18.6 Å². The van der Waals surface area contributed by atoms with Crippen molar-refractivity contribution in [3.63, 3.8) is 0 Å². The van der Waals surface area contributed by atoms with Crippen LogP contribution in [0.15, 0.2) is 41.9 Å². The Morgan fingerprint density at radius 2 is 2.29 bits per heavy atom. The average Bonchev–Trinajstić information content (AvgIpc) is 3.31. The number of nitrogens with zero attached hydrogens (tertiary/aromatic N) is 6. The first-order chi connectivity index (χ1) is 11.7. The molecule has 1 fully saturated rings. The maximum Gasteiger partial charge on any atom is 0.240 e. The van der Waals surface area contributed by atoms with Gasteiger partial charge in [0.2, 0.25) is 11.1 Å². The summed E-state index contributed by atoms with van der Waals surface area (Å²) in [7, 11) is 1.84. The maximum absolute atomic E-state index is 12.6. The highest BCUT2D eigenvalue weighted by Crippen LogP contribution is 2.31. The van der Waals surface area contributed by atoms with Crippen LogP contribution in [0.4, 0.5) is 5.69 Å². The van der Waals surface area contributed by atoms with E-state index in [1.54, 1.807) is 22.0 Å². The van der Waals surface area contributed by atoms with Gasteiger partial charge in [0, 0.05) is 26.0 Å². The Hall–Kier alpha value is -2.68. The lowest BCUT2D eigenvalue weighted by Gasteiger charge is -2.13. The first-order valence-electron chi connectivity index (χ1n) is 7.51. The molecule has 0 spiro atoms. The first kappa shape index (κ1) is 14.9. The Morgan fingerprint density at radius 3 is 3.04 bits per heavy atom. The Balaban J connectivity index is 1.47. The molecule has 3 aromatic rings. The summed E-state index contributed by atoms with van der Waals surface area (Å²) in [6.07, 6.45) is 6.01. The van der Waals surface area contributed by atoms with E-state index in [1.807, 2.05) is 31.4 Å². The van der Waals surface area contributed by atoms with E-state index in [1.165, 1.54) is 11.8 Å². The van der Waals surface area contributed by atoms with E-state index in [-0.39, 0.29) is 11.2 Å². The third-order valence-electron chi connectivity index (χ3n) is 3.78. The van der Waals surface area contributed by atoms with E-state index in [9.17, 15) is 4.79 Å². The number of aryl methyl sites for hydroxylation is 1. The minimum Gasteiger partial charge on any atom is -0.308 e. The lowest BCUT2D eigenvalue weighted by molar-refractivity contribution is -0.116. The molecule has 1 unspecified atom stereocenters. The topological polar surface area (TPSA) is 92.6 Å². The number of aromatic amines is 1. The van der Waals surface area contributed by atoms with Gasteiger partial charge in [0.05, 0.1) is 17.1 Å². The number of amides is 1. The van der Waals surface area contributed by atoms with Gasteiger partial charge in [-0.1, -0.05) is 17.8 Å². The molecule has 1 N–H and O–H groups in total. The summed E-state index contributed by atoms with van der Waals surface area (Å²) < 4.78 is 1.69. The molecule has 24 heavy (non-hydrogen) atoms. The molecule has 122 valence electrons. The third kappa shape index (κ3) is 2.78. The Bertz CT molecular complexity index is 860. The van der Waals surface area contributed by atoms with Crippen molar-refractivity contribution in [1.29, 1.82) is 0 Å². The van der Waals surface area contributed by atoms with E-state index in [4.69, 9.17) is 0 Å². The van der Waals surface area contributed by atoms with Crippen molar-refractivity contribution < 1.29 is 4.79 Å². The molecule has 0 saturated carbocycles. The van der Waals surface area contributed by atoms with Gasteiger partial charge >= 0.3 is 0 Å². The smallest absolute Gasteiger partial charge is 0.240 e. The number of carbonyl (C=O) groups is 1. The molecule has 1 atom stereocenters. The molecule has 8 nitrogen and oxygen atoms in total. The summed E-state index contributed by atoms with van der Waals surface area (Å²) in [6.45, 7) is 0.680. The molecular weight excluding hydrogens is 326 g/mol. The normalized spacial score (nSPS) is 17.6. The summed E-state index contributed by atoms with van der Waals surface area (Å²) in [5, 5.41) is 11.6. The average molecular weight is 341 g/mol. The van der Waals surface area contributed by atoms with Gasteiger partial charge < -0.3 is 4.90 Å². The number of thioether (sulfide) groups is 1. The predicted octanol–water partition coefficient (Wildman–Crippen LogP) is 1.50. The molecule has 4 heterocycles. The Labute approximate surface area is 142 Å². The molecule has 0 radical (unpaired) electrons. The van der Waals surface area contributed by atoms with Crippen LogP contribution in [-0.4, -0.2) is 47.6 Å². The number of H-pyrrole nitrogens is 1. The molecule has 0 aliphatic carbocycles. The van der Waals surface area contributed by atoms with Crippen molar-refractivity contribution in [3.8, 4) is 11.5 Å². The Morgan fingerprint density at radius 1 is 1.38 bits per heavy atom. The summed E-state index contributed by atoms with van der Waals surface area (Å²) in [4.78, 5) is 23.0. The number of pyridine rings is 1. The summed E-state index contributed by atoms with van der Waals surface area (Å²) in [6, 6.07) is 5.60. The minimum absolute atomic E-state index is 0.0668. The highest BCUT2D eigenvalue weighted by Gasteiger charge is 2.34. The second-order valence-corrected chi connectivity index (χ2v) is 6.61. The van der Waals surface area contributed by atoms with Gasteiger partial charge in [-0.3, -0.25) is 19.6 Å². The molecule has 4 rings (SSSR count). The van der Waals surface area contributed by atoms with Crippen LogP contribution < -0.4 is 4.90 Å². The van der Waals surface area contributed by atoms with Crippen molar-refractivity contribution in [2.75, 3.05) is 11.4 Å². The van der Waals surface area contributed by atoms with Crippen LogP contribution in [0.1, 0.15) is 6.42 Å². The van der Waals surface area contributed by atoms with Gasteiger partial charge in [-0.15, -0.1) is 5.10 Å². The van der Waals surface area contributed by atoms with Crippen LogP contribution >= 0.6 is 11.8 Å². The molecule has 1 aliphatic rings. The molecule has 0 bridgehead atoms. The summed E-state index contributed by atoms with van der Waals surface area (Å²) in [5.74, 6) is 0.671.